The number of fused-ring (bicyclic) bond motifs is 1. The smallest absolute Gasteiger partial charge is 0.320 e. The lowest BCUT2D eigenvalue weighted by Gasteiger charge is -2.21. The molecule has 1 aliphatic heterocycles. The van der Waals surface area contributed by atoms with Crippen molar-refractivity contribution in [3.05, 3.63) is 29.3 Å². The minimum atomic E-state index is -0.202. The lowest BCUT2D eigenvalue weighted by Crippen LogP contribution is -2.39. The number of ether oxygens (including phenoxy) is 2. The molecule has 0 radical (unpaired) electrons. The Hall–Kier alpha value is -2.08. The predicted octanol–water partition coefficient (Wildman–Crippen LogP) is 1.65. The van der Waals surface area contributed by atoms with Crippen LogP contribution in [0.3, 0.4) is 0 Å². The van der Waals surface area contributed by atoms with Crippen LogP contribution < -0.4 is 4.74 Å². The zero-order valence-corrected chi connectivity index (χ0v) is 15.5. The first-order chi connectivity index (χ1) is 12.7. The first kappa shape index (κ1) is 18.7. The molecule has 0 spiro atoms. The number of carbonyl (C=O) groups is 2. The van der Waals surface area contributed by atoms with Gasteiger partial charge in [-0.2, -0.15) is 0 Å². The maximum atomic E-state index is 12.5. The van der Waals surface area contributed by atoms with Gasteiger partial charge in [0.05, 0.1) is 13.2 Å². The van der Waals surface area contributed by atoms with Crippen molar-refractivity contribution in [2.75, 3.05) is 45.9 Å². The summed E-state index contributed by atoms with van der Waals surface area (Å²) in [6, 6.07) is 6.14. The van der Waals surface area contributed by atoms with Crippen LogP contribution >= 0.6 is 0 Å². The Balaban J connectivity index is 1.45. The van der Waals surface area contributed by atoms with Crippen LogP contribution in [0.4, 0.5) is 0 Å². The third-order valence-electron chi connectivity index (χ3n) is 5.03. The van der Waals surface area contributed by atoms with Gasteiger partial charge >= 0.3 is 5.97 Å². The summed E-state index contributed by atoms with van der Waals surface area (Å²) in [5.74, 6) is 0.577. The Morgan fingerprint density at radius 2 is 1.88 bits per heavy atom. The minimum absolute atomic E-state index is 0.00323. The molecule has 142 valence electrons. The molecular formula is C20H28N2O4. The van der Waals surface area contributed by atoms with Crippen molar-refractivity contribution in [2.24, 2.45) is 0 Å². The lowest BCUT2D eigenvalue weighted by molar-refractivity contribution is -0.144. The fraction of sp³-hybridized carbons (Fsp3) is 0.600. The second-order valence-corrected chi connectivity index (χ2v) is 6.89. The second-order valence-electron chi connectivity index (χ2n) is 6.89. The quantitative estimate of drug-likeness (QED) is 0.722. The molecule has 0 unspecified atom stereocenters. The first-order valence-electron chi connectivity index (χ1n) is 9.56. The molecule has 0 atom stereocenters. The van der Waals surface area contributed by atoms with Gasteiger partial charge in [-0.15, -0.1) is 0 Å². The highest BCUT2D eigenvalue weighted by atomic mass is 16.5. The summed E-state index contributed by atoms with van der Waals surface area (Å²) < 4.78 is 10.7. The predicted molar refractivity (Wildman–Crippen MR) is 98.2 cm³/mol. The topological polar surface area (TPSA) is 59.1 Å². The second kappa shape index (κ2) is 9.03. The Morgan fingerprint density at radius 1 is 1.04 bits per heavy atom. The van der Waals surface area contributed by atoms with Gasteiger partial charge in [0.2, 0.25) is 0 Å². The lowest BCUT2D eigenvalue weighted by atomic mass is 10.1. The van der Waals surface area contributed by atoms with Crippen LogP contribution in [0.5, 0.6) is 5.75 Å². The molecule has 1 fully saturated rings. The van der Waals surface area contributed by atoms with Gasteiger partial charge in [0.15, 0.2) is 6.61 Å². The number of nitrogens with zero attached hydrogens (tertiary/aromatic N) is 2. The van der Waals surface area contributed by atoms with Crippen molar-refractivity contribution in [1.82, 2.24) is 9.80 Å². The molecule has 1 aromatic carbocycles. The molecule has 3 rings (SSSR count). The number of hydrogen-bond acceptors (Lipinski definition) is 5. The molecule has 0 saturated carbocycles. The number of hydrogen-bond donors (Lipinski definition) is 0. The van der Waals surface area contributed by atoms with E-state index in [4.69, 9.17) is 9.47 Å². The number of rotatable bonds is 6. The van der Waals surface area contributed by atoms with E-state index in [0.29, 0.717) is 32.8 Å². The SMILES string of the molecule is CCOC(=O)CN1CCCN(C(=O)COc2ccc3c(c2)CCC3)CC1. The van der Waals surface area contributed by atoms with Gasteiger partial charge < -0.3 is 14.4 Å². The first-order valence-corrected chi connectivity index (χ1v) is 9.56. The fourth-order valence-electron chi connectivity index (χ4n) is 3.64. The molecule has 1 amide bonds. The fourth-order valence-corrected chi connectivity index (χ4v) is 3.64. The van der Waals surface area contributed by atoms with Gasteiger partial charge in [-0.25, -0.2) is 0 Å². The molecule has 1 saturated heterocycles. The Labute approximate surface area is 155 Å². The average Bonchev–Trinajstić information content (AvgIpc) is 2.98. The van der Waals surface area contributed by atoms with Crippen molar-refractivity contribution in [3.8, 4) is 5.75 Å². The van der Waals surface area contributed by atoms with E-state index < -0.39 is 0 Å². The van der Waals surface area contributed by atoms with E-state index in [1.165, 1.54) is 17.5 Å². The summed E-state index contributed by atoms with van der Waals surface area (Å²) in [6.07, 6.45) is 4.30. The van der Waals surface area contributed by atoms with E-state index in [2.05, 4.69) is 12.1 Å². The van der Waals surface area contributed by atoms with Crippen molar-refractivity contribution in [2.45, 2.75) is 32.6 Å². The zero-order valence-electron chi connectivity index (χ0n) is 15.5. The molecular weight excluding hydrogens is 332 g/mol. The highest BCUT2D eigenvalue weighted by Gasteiger charge is 2.21. The number of amides is 1. The molecule has 26 heavy (non-hydrogen) atoms. The molecule has 1 aliphatic carbocycles. The Morgan fingerprint density at radius 3 is 2.73 bits per heavy atom. The standard InChI is InChI=1S/C20H28N2O4/c1-2-25-20(24)14-21-9-4-10-22(12-11-21)19(23)15-26-18-8-7-16-5-3-6-17(16)13-18/h7-8,13H,2-6,9-12,14-15H2,1H3. The highest BCUT2D eigenvalue weighted by Crippen LogP contribution is 2.26. The van der Waals surface area contributed by atoms with Crippen molar-refractivity contribution in [3.63, 3.8) is 0 Å². The van der Waals surface area contributed by atoms with Crippen LogP contribution in [0.25, 0.3) is 0 Å². The summed E-state index contributed by atoms with van der Waals surface area (Å²) in [7, 11) is 0. The Bertz CT molecular complexity index is 647. The largest absolute Gasteiger partial charge is 0.484 e. The van der Waals surface area contributed by atoms with E-state index in [9.17, 15) is 9.59 Å². The summed E-state index contributed by atoms with van der Waals surface area (Å²) in [6.45, 7) is 5.37. The maximum absolute atomic E-state index is 12.5. The van der Waals surface area contributed by atoms with Crippen molar-refractivity contribution >= 4 is 11.9 Å². The normalized spacial score (nSPS) is 17.5. The van der Waals surface area contributed by atoms with Gasteiger partial charge in [-0.05, 0) is 55.9 Å². The number of benzene rings is 1. The van der Waals surface area contributed by atoms with Crippen LogP contribution in [-0.4, -0.2) is 67.6 Å². The van der Waals surface area contributed by atoms with E-state index >= 15 is 0 Å². The molecule has 0 bridgehead atoms. The number of esters is 1. The average molecular weight is 360 g/mol. The Kier molecular flexibility index (Phi) is 6.50. The van der Waals surface area contributed by atoms with Gasteiger partial charge in [0, 0.05) is 26.2 Å². The summed E-state index contributed by atoms with van der Waals surface area (Å²) in [5.41, 5.74) is 2.75. The van der Waals surface area contributed by atoms with E-state index in [-0.39, 0.29) is 18.5 Å². The third kappa shape index (κ3) is 4.97. The van der Waals surface area contributed by atoms with E-state index in [1.807, 2.05) is 22.8 Å². The molecule has 6 heteroatoms. The van der Waals surface area contributed by atoms with Gasteiger partial charge in [0.25, 0.3) is 5.91 Å². The zero-order chi connectivity index (χ0) is 18.4. The molecule has 1 heterocycles. The summed E-state index contributed by atoms with van der Waals surface area (Å²) in [5, 5.41) is 0. The third-order valence-corrected chi connectivity index (χ3v) is 5.03. The van der Waals surface area contributed by atoms with Gasteiger partial charge in [-0.1, -0.05) is 6.07 Å². The monoisotopic (exact) mass is 360 g/mol. The van der Waals surface area contributed by atoms with Crippen LogP contribution in [0.2, 0.25) is 0 Å². The molecule has 1 aromatic rings. The maximum Gasteiger partial charge on any atom is 0.320 e. The molecule has 0 aromatic heterocycles. The number of aryl methyl sites for hydroxylation is 2. The molecule has 0 N–H and O–H groups in total. The van der Waals surface area contributed by atoms with Crippen LogP contribution in [0.1, 0.15) is 30.9 Å². The minimum Gasteiger partial charge on any atom is -0.484 e. The van der Waals surface area contributed by atoms with Crippen LogP contribution in [0, 0.1) is 0 Å². The van der Waals surface area contributed by atoms with Gasteiger partial charge in [0.1, 0.15) is 5.75 Å². The van der Waals surface area contributed by atoms with Crippen molar-refractivity contribution < 1.29 is 19.1 Å². The van der Waals surface area contributed by atoms with E-state index in [1.54, 1.807) is 0 Å². The molecule has 2 aliphatic rings. The number of carbonyl (C=O) groups excluding carboxylic acids is 2. The van der Waals surface area contributed by atoms with Gasteiger partial charge in [-0.3, -0.25) is 14.5 Å². The van der Waals surface area contributed by atoms with Crippen LogP contribution in [0.15, 0.2) is 18.2 Å². The summed E-state index contributed by atoms with van der Waals surface area (Å²) in [4.78, 5) is 28.0. The summed E-state index contributed by atoms with van der Waals surface area (Å²) >= 11 is 0. The highest BCUT2D eigenvalue weighted by molar-refractivity contribution is 5.78. The van der Waals surface area contributed by atoms with Crippen molar-refractivity contribution in [1.29, 1.82) is 0 Å². The van der Waals surface area contributed by atoms with Crippen LogP contribution in [-0.2, 0) is 27.2 Å². The molecule has 6 nitrogen and oxygen atoms in total. The van der Waals surface area contributed by atoms with E-state index in [0.717, 1.165) is 31.6 Å².